The molecule has 1 unspecified atom stereocenters. The number of methoxy groups -OCH3 is 1. The van der Waals surface area contributed by atoms with E-state index < -0.39 is 38.8 Å². The summed E-state index contributed by atoms with van der Waals surface area (Å²) >= 11 is 0. The standard InChI is InChI=1S/C11H18N5O5P.C9H16O6/c1-3-11(4-20-2,21-7-22(17,18)19)16-6-15-8-9(12)13-5-14-10(8)16;1-6(2)14-8(10)12-5-13-9(11)15-7(3)4/h5-6H,3-4,7H2,1-2H3,(H2,12,13,14)(H2,17,18,19);6-7H,5H2,1-4H3. The lowest BCUT2D eigenvalue weighted by Gasteiger charge is -2.33. The van der Waals surface area contributed by atoms with E-state index in [1.165, 1.54) is 19.8 Å². The molecule has 0 aliphatic rings. The predicted molar refractivity (Wildman–Crippen MR) is 128 cm³/mol. The maximum Gasteiger partial charge on any atom is 0.511 e. The molecule has 0 radical (unpaired) electrons. The maximum atomic E-state index is 11.1. The SMILES string of the molecule is CC(C)OC(=O)OCOC(=O)OC(C)C.CCC(COC)(OCP(=O)(O)O)n1cnc2c(N)ncnc21. The van der Waals surface area contributed by atoms with E-state index in [4.69, 9.17) is 25.0 Å². The molecule has 0 aliphatic heterocycles. The van der Waals surface area contributed by atoms with Gasteiger partial charge in [0, 0.05) is 7.11 Å². The summed E-state index contributed by atoms with van der Waals surface area (Å²) in [6.07, 6.45) is 0.0230. The van der Waals surface area contributed by atoms with Crippen LogP contribution < -0.4 is 5.73 Å². The number of hydrogen-bond donors (Lipinski definition) is 3. The topological polar surface area (TPSA) is 217 Å². The zero-order valence-electron chi connectivity index (χ0n) is 21.5. The Morgan fingerprint density at radius 1 is 1.08 bits per heavy atom. The fourth-order valence-electron chi connectivity index (χ4n) is 2.71. The number of fused-ring (bicyclic) bond motifs is 1. The van der Waals surface area contributed by atoms with Crippen LogP contribution in [0.1, 0.15) is 41.0 Å². The van der Waals surface area contributed by atoms with Gasteiger partial charge in [0.1, 0.15) is 11.8 Å². The van der Waals surface area contributed by atoms with Crippen LogP contribution in [0.4, 0.5) is 15.4 Å². The molecule has 17 heteroatoms. The zero-order valence-corrected chi connectivity index (χ0v) is 22.4. The first-order valence-electron chi connectivity index (χ1n) is 11.0. The fraction of sp³-hybridized carbons (Fsp3) is 0.650. The molecule has 0 fully saturated rings. The highest BCUT2D eigenvalue weighted by atomic mass is 31.2. The van der Waals surface area contributed by atoms with Gasteiger partial charge >= 0.3 is 19.9 Å². The second kappa shape index (κ2) is 14.6. The Balaban J connectivity index is 0.000000401. The lowest BCUT2D eigenvalue weighted by Crippen LogP contribution is -2.40. The average molecular weight is 551 g/mol. The minimum absolute atomic E-state index is 0.0544. The summed E-state index contributed by atoms with van der Waals surface area (Å²) in [4.78, 5) is 51.8. The van der Waals surface area contributed by atoms with Crippen LogP contribution in [0.25, 0.3) is 11.2 Å². The van der Waals surface area contributed by atoms with Crippen LogP contribution in [0, 0.1) is 0 Å². The molecule has 210 valence electrons. The Morgan fingerprint density at radius 3 is 2.11 bits per heavy atom. The number of anilines is 1. The minimum Gasteiger partial charge on any atom is -0.431 e. The summed E-state index contributed by atoms with van der Waals surface area (Å²) in [5.41, 5.74) is 5.37. The summed E-state index contributed by atoms with van der Waals surface area (Å²) < 4.78 is 41.5. The molecule has 2 aromatic rings. The molecular formula is C20H34N5O11P. The Morgan fingerprint density at radius 2 is 1.65 bits per heavy atom. The van der Waals surface area contributed by atoms with Gasteiger partial charge in [0.25, 0.3) is 0 Å². The second-order valence-corrected chi connectivity index (χ2v) is 9.54. The van der Waals surface area contributed by atoms with Crippen LogP contribution in [-0.4, -0.2) is 80.7 Å². The average Bonchev–Trinajstić information content (AvgIpc) is 3.22. The van der Waals surface area contributed by atoms with Crippen LogP contribution in [0.5, 0.6) is 0 Å². The van der Waals surface area contributed by atoms with Gasteiger partial charge in [-0.05, 0) is 34.1 Å². The summed E-state index contributed by atoms with van der Waals surface area (Å²) in [6.45, 7) is 8.04. The molecule has 2 rings (SSSR count). The highest BCUT2D eigenvalue weighted by Gasteiger charge is 2.36. The Bertz CT molecular complexity index is 1040. The molecule has 2 aromatic heterocycles. The van der Waals surface area contributed by atoms with Crippen LogP contribution in [-0.2, 0) is 38.7 Å². The number of imidazole rings is 1. The van der Waals surface area contributed by atoms with Gasteiger partial charge in [-0.3, -0.25) is 9.13 Å². The fourth-order valence-corrected chi connectivity index (χ4v) is 3.12. The highest BCUT2D eigenvalue weighted by Crippen LogP contribution is 2.38. The van der Waals surface area contributed by atoms with Crippen molar-refractivity contribution in [3.05, 3.63) is 12.7 Å². The Kier molecular flexibility index (Phi) is 12.7. The number of aromatic nitrogens is 4. The van der Waals surface area contributed by atoms with E-state index in [1.807, 2.05) is 0 Å². The lowest BCUT2D eigenvalue weighted by molar-refractivity contribution is -0.134. The molecular weight excluding hydrogens is 517 g/mol. The first-order chi connectivity index (χ1) is 17.2. The molecule has 0 aromatic carbocycles. The van der Waals surface area contributed by atoms with Crippen molar-refractivity contribution in [3.63, 3.8) is 0 Å². The largest absolute Gasteiger partial charge is 0.511 e. The van der Waals surface area contributed by atoms with Crippen molar-refractivity contribution in [3.8, 4) is 0 Å². The number of ether oxygens (including phenoxy) is 6. The van der Waals surface area contributed by atoms with Crippen molar-refractivity contribution in [1.29, 1.82) is 0 Å². The summed E-state index contributed by atoms with van der Waals surface area (Å²) in [7, 11) is -2.87. The van der Waals surface area contributed by atoms with Crippen molar-refractivity contribution in [1.82, 2.24) is 19.5 Å². The molecule has 37 heavy (non-hydrogen) atoms. The van der Waals surface area contributed by atoms with E-state index in [9.17, 15) is 14.2 Å². The third-order valence-electron chi connectivity index (χ3n) is 4.24. The third-order valence-corrected chi connectivity index (χ3v) is 4.71. The lowest BCUT2D eigenvalue weighted by atomic mass is 10.1. The predicted octanol–water partition coefficient (Wildman–Crippen LogP) is 2.34. The zero-order chi connectivity index (χ0) is 28.2. The molecule has 0 bridgehead atoms. The molecule has 0 amide bonds. The number of nitrogen functional groups attached to an aromatic ring is 1. The number of carbonyl (C=O) groups excluding carboxylic acids is 2. The molecule has 4 N–H and O–H groups in total. The first-order valence-corrected chi connectivity index (χ1v) is 12.8. The molecule has 2 heterocycles. The van der Waals surface area contributed by atoms with E-state index in [0.717, 1.165) is 0 Å². The van der Waals surface area contributed by atoms with E-state index in [0.29, 0.717) is 17.6 Å². The van der Waals surface area contributed by atoms with E-state index >= 15 is 0 Å². The van der Waals surface area contributed by atoms with Crippen LogP contribution in [0.3, 0.4) is 0 Å². The normalized spacial score (nSPS) is 13.0. The number of hydrogen-bond acceptors (Lipinski definition) is 13. The number of carbonyl (C=O) groups is 2. The number of nitrogens with two attached hydrogens (primary N) is 1. The molecule has 0 spiro atoms. The van der Waals surface area contributed by atoms with Gasteiger partial charge in [-0.2, -0.15) is 0 Å². The molecule has 0 aliphatic carbocycles. The van der Waals surface area contributed by atoms with E-state index in [1.54, 1.807) is 39.2 Å². The highest BCUT2D eigenvalue weighted by molar-refractivity contribution is 7.51. The maximum absolute atomic E-state index is 11.1. The van der Waals surface area contributed by atoms with Crippen molar-refractivity contribution < 1.29 is 52.4 Å². The summed E-state index contributed by atoms with van der Waals surface area (Å²) in [5.74, 6) is 0.209. The summed E-state index contributed by atoms with van der Waals surface area (Å²) in [6, 6.07) is 0. The van der Waals surface area contributed by atoms with Crippen molar-refractivity contribution in [2.24, 2.45) is 0 Å². The van der Waals surface area contributed by atoms with Gasteiger partial charge in [-0.25, -0.2) is 24.5 Å². The second-order valence-electron chi connectivity index (χ2n) is 7.96. The quantitative estimate of drug-likeness (QED) is 0.207. The molecule has 0 saturated heterocycles. The molecule has 1 atom stereocenters. The molecule has 0 saturated carbocycles. The van der Waals surface area contributed by atoms with Crippen molar-refractivity contribution >= 4 is 36.9 Å². The Hall–Kier alpha value is -3.04. The minimum atomic E-state index is -4.34. The number of rotatable bonds is 11. The van der Waals surface area contributed by atoms with Gasteiger partial charge in [-0.1, -0.05) is 6.92 Å². The molecule has 16 nitrogen and oxygen atoms in total. The van der Waals surface area contributed by atoms with Crippen LogP contribution >= 0.6 is 7.60 Å². The van der Waals surface area contributed by atoms with Gasteiger partial charge in [0.15, 0.2) is 23.5 Å². The van der Waals surface area contributed by atoms with Crippen LogP contribution in [0.15, 0.2) is 12.7 Å². The van der Waals surface area contributed by atoms with Crippen molar-refractivity contribution in [2.75, 3.05) is 32.6 Å². The van der Waals surface area contributed by atoms with E-state index in [-0.39, 0.29) is 24.6 Å². The smallest absolute Gasteiger partial charge is 0.431 e. The van der Waals surface area contributed by atoms with Gasteiger partial charge in [0.2, 0.25) is 6.79 Å². The monoisotopic (exact) mass is 551 g/mol. The number of nitrogens with zero attached hydrogens (tertiary/aromatic N) is 4. The Labute approximate surface area is 213 Å². The third kappa shape index (κ3) is 10.9. The summed E-state index contributed by atoms with van der Waals surface area (Å²) in [5, 5.41) is 0. The van der Waals surface area contributed by atoms with Crippen LogP contribution in [0.2, 0.25) is 0 Å². The van der Waals surface area contributed by atoms with E-state index in [2.05, 4.69) is 33.9 Å². The van der Waals surface area contributed by atoms with Gasteiger partial charge in [0.05, 0.1) is 25.1 Å². The van der Waals surface area contributed by atoms with Gasteiger partial charge < -0.3 is 43.9 Å². The van der Waals surface area contributed by atoms with Crippen molar-refractivity contribution in [2.45, 2.75) is 59.0 Å². The van der Waals surface area contributed by atoms with Gasteiger partial charge in [-0.15, -0.1) is 0 Å². The first kappa shape index (κ1) is 32.0.